The number of hydrogen-bond donors (Lipinski definition) is 2. The molecule has 2 heterocycles. The fourth-order valence-electron chi connectivity index (χ4n) is 3.80. The van der Waals surface area contributed by atoms with E-state index in [1.165, 1.54) is 19.3 Å². The molecule has 0 spiro atoms. The van der Waals surface area contributed by atoms with Gasteiger partial charge >= 0.3 is 0 Å². The Balaban J connectivity index is 1.40. The molecule has 1 aromatic rings. The van der Waals surface area contributed by atoms with E-state index in [1.54, 1.807) is 14.0 Å². The van der Waals surface area contributed by atoms with E-state index in [1.807, 2.05) is 4.90 Å². The molecular formula is C18H30N6O2. The van der Waals surface area contributed by atoms with Gasteiger partial charge in [0.2, 0.25) is 11.8 Å². The molecule has 0 aromatic carbocycles. The summed E-state index contributed by atoms with van der Waals surface area (Å²) < 4.78 is 5.11. The van der Waals surface area contributed by atoms with Crippen LogP contribution in [0.25, 0.3) is 0 Å². The summed E-state index contributed by atoms with van der Waals surface area (Å²) in [5.41, 5.74) is 0. The lowest BCUT2D eigenvalue weighted by atomic mass is 9.88. The van der Waals surface area contributed by atoms with Crippen molar-refractivity contribution in [2.45, 2.75) is 57.9 Å². The van der Waals surface area contributed by atoms with Crippen molar-refractivity contribution in [3.05, 3.63) is 11.7 Å². The van der Waals surface area contributed by atoms with Crippen molar-refractivity contribution in [3.8, 4) is 0 Å². The van der Waals surface area contributed by atoms with E-state index in [0.717, 1.165) is 38.3 Å². The van der Waals surface area contributed by atoms with Crippen LogP contribution >= 0.6 is 0 Å². The van der Waals surface area contributed by atoms with Crippen molar-refractivity contribution >= 4 is 11.9 Å². The van der Waals surface area contributed by atoms with Crippen LogP contribution in [-0.2, 0) is 11.2 Å². The van der Waals surface area contributed by atoms with Crippen LogP contribution in [0, 0.1) is 12.8 Å². The molecule has 3 rings (SSSR count). The predicted molar refractivity (Wildman–Crippen MR) is 98.8 cm³/mol. The number of carbonyl (C=O) groups excluding carboxylic acids is 1. The molecule has 2 fully saturated rings. The van der Waals surface area contributed by atoms with Gasteiger partial charge in [-0.2, -0.15) is 4.98 Å². The number of rotatable bonds is 5. The SMILES string of the molecule is CN=C(NCCc1nc(C)no1)NC1CCN(C(=O)C2CCCCC2)C1. The molecule has 1 aromatic heterocycles. The first kappa shape index (κ1) is 18.7. The van der Waals surface area contributed by atoms with E-state index >= 15 is 0 Å². The van der Waals surface area contributed by atoms with Crippen LogP contribution in [0.3, 0.4) is 0 Å². The number of carbonyl (C=O) groups is 1. The molecule has 26 heavy (non-hydrogen) atoms. The zero-order valence-corrected chi connectivity index (χ0v) is 15.8. The van der Waals surface area contributed by atoms with Gasteiger partial charge in [0.1, 0.15) is 0 Å². The molecule has 1 aliphatic carbocycles. The summed E-state index contributed by atoms with van der Waals surface area (Å²) in [4.78, 5) is 23.2. The van der Waals surface area contributed by atoms with Gasteiger partial charge in [-0.3, -0.25) is 9.79 Å². The van der Waals surface area contributed by atoms with E-state index in [0.29, 0.717) is 30.6 Å². The maximum absolute atomic E-state index is 12.7. The summed E-state index contributed by atoms with van der Waals surface area (Å²) in [6.45, 7) is 4.07. The van der Waals surface area contributed by atoms with Crippen LogP contribution < -0.4 is 10.6 Å². The number of aliphatic imine (C=N–C) groups is 1. The summed E-state index contributed by atoms with van der Waals surface area (Å²) in [7, 11) is 1.76. The first-order valence-electron chi connectivity index (χ1n) is 9.71. The van der Waals surface area contributed by atoms with Crippen LogP contribution in [0.1, 0.15) is 50.2 Å². The monoisotopic (exact) mass is 362 g/mol. The van der Waals surface area contributed by atoms with E-state index in [9.17, 15) is 4.79 Å². The predicted octanol–water partition coefficient (Wildman–Crippen LogP) is 1.27. The third-order valence-electron chi connectivity index (χ3n) is 5.22. The van der Waals surface area contributed by atoms with E-state index in [-0.39, 0.29) is 12.0 Å². The second kappa shape index (κ2) is 9.00. The molecule has 1 amide bonds. The zero-order valence-electron chi connectivity index (χ0n) is 15.8. The highest BCUT2D eigenvalue weighted by Crippen LogP contribution is 2.26. The summed E-state index contributed by atoms with van der Waals surface area (Å²) in [6, 6.07) is 0.249. The minimum Gasteiger partial charge on any atom is -0.356 e. The molecule has 1 aliphatic heterocycles. The Morgan fingerprint density at radius 2 is 2.12 bits per heavy atom. The lowest BCUT2D eigenvalue weighted by Crippen LogP contribution is -2.46. The number of nitrogens with zero attached hydrogens (tertiary/aromatic N) is 4. The van der Waals surface area contributed by atoms with E-state index in [2.05, 4.69) is 25.8 Å². The van der Waals surface area contributed by atoms with E-state index < -0.39 is 0 Å². The van der Waals surface area contributed by atoms with Crippen LogP contribution in [-0.4, -0.2) is 59.6 Å². The molecule has 144 valence electrons. The maximum atomic E-state index is 12.7. The van der Waals surface area contributed by atoms with Crippen molar-refractivity contribution < 1.29 is 9.32 Å². The Labute approximate surface area is 154 Å². The molecule has 8 nitrogen and oxygen atoms in total. The highest BCUT2D eigenvalue weighted by molar-refractivity contribution is 5.81. The molecule has 8 heteroatoms. The largest absolute Gasteiger partial charge is 0.356 e. The maximum Gasteiger partial charge on any atom is 0.228 e. The van der Waals surface area contributed by atoms with Crippen molar-refractivity contribution in [1.29, 1.82) is 0 Å². The Kier molecular flexibility index (Phi) is 6.46. The third-order valence-corrected chi connectivity index (χ3v) is 5.22. The number of amides is 1. The van der Waals surface area contributed by atoms with Crippen LogP contribution in [0.4, 0.5) is 0 Å². The van der Waals surface area contributed by atoms with Crippen LogP contribution in [0.15, 0.2) is 9.52 Å². The number of hydrogen-bond acceptors (Lipinski definition) is 5. The fraction of sp³-hybridized carbons (Fsp3) is 0.778. The quantitative estimate of drug-likeness (QED) is 0.605. The molecular weight excluding hydrogens is 332 g/mol. The molecule has 1 unspecified atom stereocenters. The van der Waals surface area contributed by atoms with Gasteiger partial charge in [0, 0.05) is 45.1 Å². The molecule has 0 bridgehead atoms. The van der Waals surface area contributed by atoms with Crippen LogP contribution in [0.5, 0.6) is 0 Å². The first-order valence-corrected chi connectivity index (χ1v) is 9.71. The number of nitrogens with one attached hydrogen (secondary N) is 2. The molecule has 1 saturated carbocycles. The number of likely N-dealkylation sites (tertiary alicyclic amines) is 1. The normalized spacial score (nSPS) is 21.8. The summed E-state index contributed by atoms with van der Waals surface area (Å²) in [5, 5.41) is 10.5. The Morgan fingerprint density at radius 1 is 1.31 bits per heavy atom. The van der Waals surface area contributed by atoms with E-state index in [4.69, 9.17) is 4.52 Å². The zero-order chi connectivity index (χ0) is 18.4. The molecule has 2 N–H and O–H groups in total. The Morgan fingerprint density at radius 3 is 2.81 bits per heavy atom. The van der Waals surface area contributed by atoms with Gasteiger partial charge in [0.25, 0.3) is 0 Å². The molecule has 0 radical (unpaired) electrons. The highest BCUT2D eigenvalue weighted by Gasteiger charge is 2.31. The minimum atomic E-state index is 0.248. The summed E-state index contributed by atoms with van der Waals surface area (Å²) in [5.74, 6) is 2.62. The second-order valence-electron chi connectivity index (χ2n) is 7.23. The van der Waals surface area contributed by atoms with Gasteiger partial charge in [-0.1, -0.05) is 24.4 Å². The van der Waals surface area contributed by atoms with Crippen molar-refractivity contribution in [2.75, 3.05) is 26.7 Å². The molecule has 1 saturated heterocycles. The van der Waals surface area contributed by atoms with Gasteiger partial charge in [-0.15, -0.1) is 0 Å². The summed E-state index contributed by atoms with van der Waals surface area (Å²) in [6.07, 6.45) is 7.40. The molecule has 1 atom stereocenters. The van der Waals surface area contributed by atoms with Crippen molar-refractivity contribution in [3.63, 3.8) is 0 Å². The average molecular weight is 362 g/mol. The Bertz CT molecular complexity index is 623. The lowest BCUT2D eigenvalue weighted by molar-refractivity contribution is -0.135. The van der Waals surface area contributed by atoms with Gasteiger partial charge in [-0.25, -0.2) is 0 Å². The number of aromatic nitrogens is 2. The highest BCUT2D eigenvalue weighted by atomic mass is 16.5. The molecule has 2 aliphatic rings. The smallest absolute Gasteiger partial charge is 0.228 e. The van der Waals surface area contributed by atoms with Crippen LogP contribution in [0.2, 0.25) is 0 Å². The average Bonchev–Trinajstić information content (AvgIpc) is 3.30. The minimum absolute atomic E-state index is 0.248. The first-order chi connectivity index (χ1) is 12.7. The summed E-state index contributed by atoms with van der Waals surface area (Å²) >= 11 is 0. The fourth-order valence-corrected chi connectivity index (χ4v) is 3.80. The third kappa shape index (κ3) is 4.95. The van der Waals surface area contributed by atoms with Gasteiger partial charge in [0.15, 0.2) is 11.8 Å². The Hall–Kier alpha value is -2.12. The van der Waals surface area contributed by atoms with Gasteiger partial charge < -0.3 is 20.1 Å². The number of guanidine groups is 1. The van der Waals surface area contributed by atoms with Crippen molar-refractivity contribution in [1.82, 2.24) is 25.7 Å². The topological polar surface area (TPSA) is 95.7 Å². The van der Waals surface area contributed by atoms with Crippen molar-refractivity contribution in [2.24, 2.45) is 10.9 Å². The van der Waals surface area contributed by atoms with Gasteiger partial charge in [0.05, 0.1) is 0 Å². The number of aryl methyl sites for hydroxylation is 1. The second-order valence-corrected chi connectivity index (χ2v) is 7.23. The van der Waals surface area contributed by atoms with Gasteiger partial charge in [-0.05, 0) is 26.2 Å². The lowest BCUT2D eigenvalue weighted by Gasteiger charge is -2.26. The standard InChI is InChI=1S/C18H30N6O2/c1-13-21-16(26-23-13)8-10-20-18(19-2)22-15-9-11-24(12-15)17(25)14-6-4-3-5-7-14/h14-15H,3-12H2,1-2H3,(H2,19,20,22).